The number of allylic oxidation sites excluding steroid dienone is 4. The summed E-state index contributed by atoms with van der Waals surface area (Å²) < 4.78 is 0. The van der Waals surface area contributed by atoms with E-state index < -0.39 is 0 Å². The van der Waals surface area contributed by atoms with Crippen LogP contribution >= 0.6 is 0 Å². The highest BCUT2D eigenvalue weighted by atomic mass is 14.9. The maximum absolute atomic E-state index is 5.22. The number of nitrogens with zero attached hydrogens (tertiary/aromatic N) is 1. The zero-order valence-corrected chi connectivity index (χ0v) is 19.8. The van der Waals surface area contributed by atoms with Crippen molar-refractivity contribution in [2.45, 2.75) is 89.9 Å². The highest BCUT2D eigenvalue weighted by molar-refractivity contribution is 5.77. The Bertz CT molecular complexity index is 1020. The van der Waals surface area contributed by atoms with Crippen LogP contribution in [0.3, 0.4) is 0 Å². The average Bonchev–Trinajstić information content (AvgIpc) is 3.05. The lowest BCUT2D eigenvalue weighted by atomic mass is 9.64. The van der Waals surface area contributed by atoms with E-state index in [1.54, 1.807) is 11.1 Å². The Morgan fingerprint density at radius 2 is 1.42 bits per heavy atom. The van der Waals surface area contributed by atoms with Crippen LogP contribution < -0.4 is 0 Å². The molecule has 2 heteroatoms. The van der Waals surface area contributed by atoms with Crippen molar-refractivity contribution in [2.75, 3.05) is 0 Å². The molecule has 0 saturated heterocycles. The van der Waals surface area contributed by atoms with Gasteiger partial charge >= 0.3 is 0 Å². The standard InChI is InChI=1S/C29H38N2/c1-18-7-20-9-22(10-20)16-28(3,14-18)24-5-6-25-26(13-24)31-27(30-25)29(4)15-19(2)8-21-11-23(12-21)17-29/h5-6,13,16-21H,7-12,14-15H2,1-4H3,(H,30,31). The van der Waals surface area contributed by atoms with Crippen molar-refractivity contribution >= 4 is 11.0 Å². The van der Waals surface area contributed by atoms with Crippen molar-refractivity contribution in [3.63, 3.8) is 0 Å². The molecule has 0 radical (unpaired) electrons. The van der Waals surface area contributed by atoms with Gasteiger partial charge in [0.25, 0.3) is 0 Å². The minimum Gasteiger partial charge on any atom is -0.341 e. The summed E-state index contributed by atoms with van der Waals surface area (Å²) in [5.41, 5.74) is 7.29. The molecular weight excluding hydrogens is 376 g/mol. The van der Waals surface area contributed by atoms with Crippen LogP contribution in [0.15, 0.2) is 41.5 Å². The van der Waals surface area contributed by atoms with Gasteiger partial charge < -0.3 is 4.98 Å². The van der Waals surface area contributed by atoms with Crippen LogP contribution in [-0.4, -0.2) is 9.97 Å². The number of fused-ring (bicyclic) bond motifs is 9. The first-order valence-electron chi connectivity index (χ1n) is 12.7. The molecule has 4 bridgehead atoms. The van der Waals surface area contributed by atoms with Gasteiger partial charge in [-0.2, -0.15) is 0 Å². The normalized spacial score (nSPS) is 39.9. The molecule has 6 aliphatic rings. The van der Waals surface area contributed by atoms with Crippen molar-refractivity contribution in [1.82, 2.24) is 9.97 Å². The molecule has 6 aliphatic carbocycles. The van der Waals surface area contributed by atoms with Gasteiger partial charge in [0.2, 0.25) is 0 Å². The summed E-state index contributed by atoms with van der Waals surface area (Å²) >= 11 is 0. The molecule has 0 amide bonds. The largest absolute Gasteiger partial charge is 0.341 e. The van der Waals surface area contributed by atoms with E-state index in [2.05, 4.69) is 63.0 Å². The molecule has 1 heterocycles. The number of hydrogen-bond donors (Lipinski definition) is 1. The van der Waals surface area contributed by atoms with E-state index in [-0.39, 0.29) is 10.8 Å². The first-order chi connectivity index (χ1) is 14.8. The lowest BCUT2D eigenvalue weighted by molar-refractivity contribution is 0.263. The van der Waals surface area contributed by atoms with Gasteiger partial charge in [-0.1, -0.05) is 50.1 Å². The van der Waals surface area contributed by atoms with E-state index in [1.807, 2.05) is 0 Å². The van der Waals surface area contributed by atoms with Crippen LogP contribution in [0.25, 0.3) is 11.0 Å². The van der Waals surface area contributed by atoms with Gasteiger partial charge in [-0.15, -0.1) is 0 Å². The molecule has 4 unspecified atom stereocenters. The van der Waals surface area contributed by atoms with Gasteiger partial charge in [-0.3, -0.25) is 0 Å². The highest BCUT2D eigenvalue weighted by Crippen LogP contribution is 2.48. The topological polar surface area (TPSA) is 28.7 Å². The summed E-state index contributed by atoms with van der Waals surface area (Å²) in [6.07, 6.45) is 15.7. The first-order valence-corrected chi connectivity index (χ1v) is 12.7. The Kier molecular flexibility index (Phi) is 4.37. The Morgan fingerprint density at radius 3 is 2.06 bits per heavy atom. The smallest absolute Gasteiger partial charge is 0.117 e. The lowest BCUT2D eigenvalue weighted by Crippen LogP contribution is -2.31. The fourth-order valence-electron chi connectivity index (χ4n) is 7.70. The van der Waals surface area contributed by atoms with Crippen molar-refractivity contribution in [1.29, 1.82) is 0 Å². The molecule has 8 rings (SSSR count). The van der Waals surface area contributed by atoms with E-state index in [0.29, 0.717) is 0 Å². The zero-order chi connectivity index (χ0) is 21.4. The molecule has 1 aromatic carbocycles. The second kappa shape index (κ2) is 6.83. The minimum absolute atomic E-state index is 0.0287. The van der Waals surface area contributed by atoms with Crippen molar-refractivity contribution in [3.8, 4) is 0 Å². The zero-order valence-electron chi connectivity index (χ0n) is 19.8. The molecule has 0 aliphatic heterocycles. The number of nitrogens with one attached hydrogen (secondary N) is 1. The van der Waals surface area contributed by atoms with Crippen LogP contribution in [0.2, 0.25) is 0 Å². The molecule has 2 nitrogen and oxygen atoms in total. The van der Waals surface area contributed by atoms with Gasteiger partial charge in [0, 0.05) is 10.8 Å². The number of benzene rings is 1. The number of H-pyrrole nitrogens is 1. The monoisotopic (exact) mass is 414 g/mol. The average molecular weight is 415 g/mol. The molecule has 2 fully saturated rings. The third-order valence-electron chi connectivity index (χ3n) is 8.95. The van der Waals surface area contributed by atoms with Gasteiger partial charge in [0.05, 0.1) is 11.0 Å². The van der Waals surface area contributed by atoms with Crippen LogP contribution in [-0.2, 0) is 10.8 Å². The van der Waals surface area contributed by atoms with Crippen LogP contribution in [0, 0.1) is 23.7 Å². The fraction of sp³-hybridized carbons (Fsp3) is 0.621. The lowest BCUT2D eigenvalue weighted by Gasteiger charge is -2.41. The van der Waals surface area contributed by atoms with Gasteiger partial charge in [0.15, 0.2) is 0 Å². The molecule has 1 aromatic heterocycles. The van der Waals surface area contributed by atoms with Gasteiger partial charge in [-0.25, -0.2) is 4.98 Å². The molecule has 31 heavy (non-hydrogen) atoms. The molecule has 2 aromatic rings. The quantitative estimate of drug-likeness (QED) is 0.503. The van der Waals surface area contributed by atoms with Crippen LogP contribution in [0.5, 0.6) is 0 Å². The number of hydrogen-bond acceptors (Lipinski definition) is 1. The van der Waals surface area contributed by atoms with Crippen molar-refractivity contribution < 1.29 is 0 Å². The Labute approximate surface area is 187 Å². The molecule has 164 valence electrons. The Hall–Kier alpha value is -1.83. The summed E-state index contributed by atoms with van der Waals surface area (Å²) in [6, 6.07) is 7.04. The second-order valence-corrected chi connectivity index (χ2v) is 12.4. The number of rotatable bonds is 2. The first kappa shape index (κ1) is 19.8. The summed E-state index contributed by atoms with van der Waals surface area (Å²) in [5, 5.41) is 0. The fourth-order valence-corrected chi connectivity index (χ4v) is 7.70. The molecule has 4 atom stereocenters. The third kappa shape index (κ3) is 3.41. The Morgan fingerprint density at radius 1 is 0.839 bits per heavy atom. The van der Waals surface area contributed by atoms with Gasteiger partial charge in [0.1, 0.15) is 5.82 Å². The summed E-state index contributed by atoms with van der Waals surface area (Å²) in [7, 11) is 0. The van der Waals surface area contributed by atoms with Crippen LogP contribution in [0.1, 0.15) is 90.4 Å². The van der Waals surface area contributed by atoms with E-state index in [9.17, 15) is 0 Å². The van der Waals surface area contributed by atoms with Crippen molar-refractivity contribution in [2.24, 2.45) is 23.7 Å². The number of imidazole rings is 1. The number of aromatic amines is 1. The van der Waals surface area contributed by atoms with E-state index in [0.717, 1.165) is 29.2 Å². The Balaban J connectivity index is 1.38. The van der Waals surface area contributed by atoms with E-state index in [1.165, 1.54) is 68.3 Å². The third-order valence-corrected chi connectivity index (χ3v) is 8.95. The van der Waals surface area contributed by atoms with E-state index in [4.69, 9.17) is 4.98 Å². The summed E-state index contributed by atoms with van der Waals surface area (Å²) in [5.74, 6) is 4.60. The predicted molar refractivity (Wildman–Crippen MR) is 129 cm³/mol. The van der Waals surface area contributed by atoms with Gasteiger partial charge in [-0.05, 0) is 99.7 Å². The minimum atomic E-state index is 0.0287. The predicted octanol–water partition coefficient (Wildman–Crippen LogP) is 7.61. The maximum Gasteiger partial charge on any atom is 0.117 e. The second-order valence-electron chi connectivity index (χ2n) is 12.4. The summed E-state index contributed by atoms with van der Waals surface area (Å²) in [6.45, 7) is 9.75. The molecule has 2 saturated carbocycles. The molecule has 0 spiro atoms. The maximum atomic E-state index is 5.22. The summed E-state index contributed by atoms with van der Waals surface area (Å²) in [4.78, 5) is 8.95. The molecular formula is C29H38N2. The number of aromatic nitrogens is 2. The van der Waals surface area contributed by atoms with Crippen molar-refractivity contribution in [3.05, 3.63) is 52.9 Å². The highest BCUT2D eigenvalue weighted by Gasteiger charge is 2.38. The molecule has 1 N–H and O–H groups in total. The van der Waals surface area contributed by atoms with E-state index >= 15 is 0 Å². The SMILES string of the molecule is CC1CC2CC(=CC(C)(c3ccc4[nH]c(C5(C)C=C6CC(C6)CC(C)C5)nc4c3)C1)C2. The van der Waals surface area contributed by atoms with Crippen LogP contribution in [0.4, 0.5) is 0 Å².